The largest absolute Gasteiger partial charge is 0.328 e. The molecule has 2 fully saturated rings. The van der Waals surface area contributed by atoms with E-state index in [4.69, 9.17) is 5.73 Å². The number of aryl methyl sites for hydroxylation is 1. The predicted octanol–water partition coefficient (Wildman–Crippen LogP) is 3.26. The minimum absolute atomic E-state index is 0.434. The van der Waals surface area contributed by atoms with E-state index in [1.54, 1.807) is 0 Å². The normalized spacial score (nSPS) is 32.5. The quantitative estimate of drug-likeness (QED) is 0.901. The second-order valence-corrected chi connectivity index (χ2v) is 6.33. The lowest BCUT2D eigenvalue weighted by Gasteiger charge is -2.41. The first-order valence-corrected chi connectivity index (χ1v) is 7.81. The maximum atomic E-state index is 6.17. The minimum Gasteiger partial charge on any atom is -0.328 e. The Bertz CT molecular complexity index is 411. The van der Waals surface area contributed by atoms with Crippen LogP contribution in [0.5, 0.6) is 0 Å². The van der Waals surface area contributed by atoms with Crippen molar-refractivity contribution >= 4 is 0 Å². The van der Waals surface area contributed by atoms with Crippen LogP contribution in [-0.2, 0) is 6.42 Å². The average Bonchev–Trinajstić information content (AvgIpc) is 2.70. The summed E-state index contributed by atoms with van der Waals surface area (Å²) in [5.74, 6) is 0. The highest BCUT2D eigenvalue weighted by atomic mass is 15.2. The van der Waals surface area contributed by atoms with Gasteiger partial charge in [-0.1, -0.05) is 31.2 Å². The van der Waals surface area contributed by atoms with Crippen LogP contribution in [0.2, 0.25) is 0 Å². The summed E-state index contributed by atoms with van der Waals surface area (Å²) in [6.45, 7) is 4.58. The molecule has 1 aromatic rings. The van der Waals surface area contributed by atoms with Gasteiger partial charge in [-0.25, -0.2) is 0 Å². The van der Waals surface area contributed by atoms with Gasteiger partial charge in [0.1, 0.15) is 0 Å². The zero-order chi connectivity index (χ0) is 13.4. The molecule has 3 unspecified atom stereocenters. The van der Waals surface area contributed by atoms with Gasteiger partial charge in [0.15, 0.2) is 0 Å². The smallest absolute Gasteiger partial charge is 0.0325 e. The first-order chi connectivity index (χ1) is 9.19. The van der Waals surface area contributed by atoms with Crippen LogP contribution < -0.4 is 5.73 Å². The number of hydrogen-bond donors (Lipinski definition) is 1. The lowest BCUT2D eigenvalue weighted by molar-refractivity contribution is 0.0854. The van der Waals surface area contributed by atoms with Gasteiger partial charge < -0.3 is 5.73 Å². The molecule has 0 aliphatic carbocycles. The molecule has 0 spiro atoms. The first kappa shape index (κ1) is 13.1. The Morgan fingerprint density at radius 3 is 2.26 bits per heavy atom. The van der Waals surface area contributed by atoms with Crippen molar-refractivity contribution in [3.63, 3.8) is 0 Å². The van der Waals surface area contributed by atoms with E-state index >= 15 is 0 Å². The summed E-state index contributed by atoms with van der Waals surface area (Å²) in [6.07, 6.45) is 6.19. The molecule has 2 aliphatic heterocycles. The Kier molecular flexibility index (Phi) is 3.64. The fourth-order valence-corrected chi connectivity index (χ4v) is 4.09. The molecular formula is C17H26N2. The first-order valence-electron chi connectivity index (χ1n) is 7.81. The van der Waals surface area contributed by atoms with Gasteiger partial charge in [0.2, 0.25) is 0 Å². The molecule has 104 valence electrons. The number of fused-ring (bicyclic) bond motifs is 2. The Morgan fingerprint density at radius 1 is 1.16 bits per heavy atom. The zero-order valence-corrected chi connectivity index (χ0v) is 12.2. The van der Waals surface area contributed by atoms with Crippen molar-refractivity contribution in [2.24, 2.45) is 5.73 Å². The molecule has 0 radical (unpaired) electrons. The van der Waals surface area contributed by atoms with Crippen LogP contribution in [0.25, 0.3) is 0 Å². The molecule has 1 aromatic carbocycles. The molecular weight excluding hydrogens is 232 g/mol. The fraction of sp³-hybridized carbons (Fsp3) is 0.647. The van der Waals surface area contributed by atoms with Crippen molar-refractivity contribution < 1.29 is 0 Å². The minimum atomic E-state index is 0.434. The third-order valence-corrected chi connectivity index (χ3v) is 5.14. The number of nitrogens with two attached hydrogens (primary N) is 1. The van der Waals surface area contributed by atoms with E-state index < -0.39 is 0 Å². The lowest BCUT2D eigenvalue weighted by atomic mass is 9.94. The summed E-state index contributed by atoms with van der Waals surface area (Å²) in [5.41, 5.74) is 9.06. The molecule has 2 bridgehead atoms. The third kappa shape index (κ3) is 2.44. The van der Waals surface area contributed by atoms with Gasteiger partial charge in [-0.3, -0.25) is 4.90 Å². The fourth-order valence-electron chi connectivity index (χ4n) is 4.09. The number of rotatable bonds is 3. The van der Waals surface area contributed by atoms with E-state index in [2.05, 4.69) is 43.0 Å². The second kappa shape index (κ2) is 5.26. The summed E-state index contributed by atoms with van der Waals surface area (Å²) in [6, 6.07) is 11.6. The highest BCUT2D eigenvalue weighted by Gasteiger charge is 2.41. The molecule has 3 rings (SSSR count). The predicted molar refractivity (Wildman–Crippen MR) is 80.1 cm³/mol. The van der Waals surface area contributed by atoms with Gasteiger partial charge >= 0.3 is 0 Å². The summed E-state index contributed by atoms with van der Waals surface area (Å²) in [7, 11) is 0. The molecule has 2 nitrogen and oxygen atoms in total. The van der Waals surface area contributed by atoms with Crippen LogP contribution in [0.3, 0.4) is 0 Å². The van der Waals surface area contributed by atoms with Crippen LogP contribution in [0.15, 0.2) is 24.3 Å². The van der Waals surface area contributed by atoms with E-state index in [-0.39, 0.29) is 0 Å². The van der Waals surface area contributed by atoms with Gasteiger partial charge in [0.05, 0.1) is 0 Å². The molecule has 2 heteroatoms. The van der Waals surface area contributed by atoms with E-state index in [0.29, 0.717) is 12.1 Å². The zero-order valence-electron chi connectivity index (χ0n) is 12.2. The van der Waals surface area contributed by atoms with Crippen LogP contribution in [0, 0.1) is 0 Å². The van der Waals surface area contributed by atoms with Crippen LogP contribution >= 0.6 is 0 Å². The standard InChI is InChI=1S/C17H26N2/c1-3-13-4-6-14(7-5-13)12(2)19-16-8-9-17(19)11-15(18)10-16/h4-7,12,15-17H,3,8-11,18H2,1-2H3. The van der Waals surface area contributed by atoms with Gasteiger partial charge in [-0.15, -0.1) is 0 Å². The molecule has 19 heavy (non-hydrogen) atoms. The lowest BCUT2D eigenvalue weighted by Crippen LogP contribution is -2.48. The van der Waals surface area contributed by atoms with Crippen molar-refractivity contribution in [1.82, 2.24) is 4.90 Å². The van der Waals surface area contributed by atoms with Gasteiger partial charge in [-0.05, 0) is 50.2 Å². The number of piperidine rings is 1. The van der Waals surface area contributed by atoms with Crippen molar-refractivity contribution in [1.29, 1.82) is 0 Å². The Hall–Kier alpha value is -0.860. The summed E-state index contributed by atoms with van der Waals surface area (Å²) >= 11 is 0. The van der Waals surface area contributed by atoms with Gasteiger partial charge in [-0.2, -0.15) is 0 Å². The third-order valence-electron chi connectivity index (χ3n) is 5.14. The molecule has 2 heterocycles. The van der Waals surface area contributed by atoms with E-state index in [1.807, 2.05) is 0 Å². The molecule has 2 saturated heterocycles. The SMILES string of the molecule is CCc1ccc(C(C)N2C3CCC2CC(N)C3)cc1. The molecule has 0 amide bonds. The van der Waals surface area contributed by atoms with Crippen molar-refractivity contribution in [2.75, 3.05) is 0 Å². The Morgan fingerprint density at radius 2 is 1.74 bits per heavy atom. The molecule has 0 saturated carbocycles. The highest BCUT2D eigenvalue weighted by molar-refractivity contribution is 5.25. The average molecular weight is 258 g/mol. The Balaban J connectivity index is 1.78. The molecule has 0 aromatic heterocycles. The van der Waals surface area contributed by atoms with E-state index in [9.17, 15) is 0 Å². The molecule has 2 N–H and O–H groups in total. The van der Waals surface area contributed by atoms with E-state index in [1.165, 1.54) is 36.8 Å². The van der Waals surface area contributed by atoms with Crippen LogP contribution in [0.4, 0.5) is 0 Å². The van der Waals surface area contributed by atoms with Gasteiger partial charge in [0, 0.05) is 24.2 Å². The maximum absolute atomic E-state index is 6.17. The monoisotopic (exact) mass is 258 g/mol. The van der Waals surface area contributed by atoms with Crippen LogP contribution in [-0.4, -0.2) is 23.0 Å². The Labute approximate surface area is 117 Å². The summed E-state index contributed by atoms with van der Waals surface area (Å²) in [4.78, 5) is 2.74. The maximum Gasteiger partial charge on any atom is 0.0325 e. The van der Waals surface area contributed by atoms with Crippen LogP contribution in [0.1, 0.15) is 56.7 Å². The molecule has 2 aliphatic rings. The highest BCUT2D eigenvalue weighted by Crippen LogP contribution is 2.40. The molecule has 3 atom stereocenters. The van der Waals surface area contributed by atoms with Crippen molar-refractivity contribution in [3.8, 4) is 0 Å². The summed E-state index contributed by atoms with van der Waals surface area (Å²) in [5, 5.41) is 0. The topological polar surface area (TPSA) is 29.3 Å². The number of nitrogens with zero attached hydrogens (tertiary/aromatic N) is 1. The number of hydrogen-bond acceptors (Lipinski definition) is 2. The van der Waals surface area contributed by atoms with E-state index in [0.717, 1.165) is 18.5 Å². The summed E-state index contributed by atoms with van der Waals surface area (Å²) < 4.78 is 0. The van der Waals surface area contributed by atoms with Crippen molar-refractivity contribution in [3.05, 3.63) is 35.4 Å². The second-order valence-electron chi connectivity index (χ2n) is 6.33. The van der Waals surface area contributed by atoms with Crippen molar-refractivity contribution in [2.45, 2.75) is 70.1 Å². The van der Waals surface area contributed by atoms with Gasteiger partial charge in [0.25, 0.3) is 0 Å². The number of benzene rings is 1.